The second-order valence-corrected chi connectivity index (χ2v) is 5.72. The van der Waals surface area contributed by atoms with Crippen LogP contribution in [-0.4, -0.2) is 52.9 Å². The minimum Gasteiger partial charge on any atom is -0.339 e. The lowest BCUT2D eigenvalue weighted by Crippen LogP contribution is -2.47. The van der Waals surface area contributed by atoms with Crippen molar-refractivity contribution in [1.29, 1.82) is 0 Å². The van der Waals surface area contributed by atoms with E-state index in [0.29, 0.717) is 11.6 Å². The van der Waals surface area contributed by atoms with Gasteiger partial charge in [-0.25, -0.2) is 0 Å². The monoisotopic (exact) mass is 277 g/mol. The van der Waals surface area contributed by atoms with E-state index in [1.54, 1.807) is 11.0 Å². The standard InChI is InChI=1S/C15H23N3O2/c1-11(2)18-8-5-13(6-9-18)17(3)15(20)12-4-7-16-14(19)10-12/h4,7,10-11,13H,5-6,8-9H2,1-3H3,(H,16,19). The highest BCUT2D eigenvalue weighted by atomic mass is 16.2. The molecule has 1 aliphatic heterocycles. The van der Waals surface area contributed by atoms with E-state index in [4.69, 9.17) is 0 Å². The third-order valence-electron chi connectivity index (χ3n) is 4.12. The van der Waals surface area contributed by atoms with Crippen molar-refractivity contribution in [3.8, 4) is 0 Å². The summed E-state index contributed by atoms with van der Waals surface area (Å²) in [5.74, 6) is -0.0703. The maximum absolute atomic E-state index is 12.4. The number of nitrogens with zero attached hydrogens (tertiary/aromatic N) is 2. The highest BCUT2D eigenvalue weighted by Gasteiger charge is 2.26. The SMILES string of the molecule is CC(C)N1CCC(N(C)C(=O)c2cc[nH]c(=O)c2)CC1. The number of likely N-dealkylation sites (tertiary alicyclic amines) is 1. The molecule has 1 aromatic heterocycles. The van der Waals surface area contributed by atoms with Crippen LogP contribution < -0.4 is 5.56 Å². The van der Waals surface area contributed by atoms with Gasteiger partial charge in [-0.2, -0.15) is 0 Å². The van der Waals surface area contributed by atoms with Gasteiger partial charge in [0.1, 0.15) is 0 Å². The Labute approximate surface area is 119 Å². The summed E-state index contributed by atoms with van der Waals surface area (Å²) in [4.78, 5) is 30.4. The molecule has 1 aliphatic rings. The molecule has 0 aromatic carbocycles. The fourth-order valence-corrected chi connectivity index (χ4v) is 2.74. The highest BCUT2D eigenvalue weighted by Crippen LogP contribution is 2.18. The molecule has 110 valence electrons. The molecule has 5 heteroatoms. The number of pyridine rings is 1. The second-order valence-electron chi connectivity index (χ2n) is 5.72. The van der Waals surface area contributed by atoms with Gasteiger partial charge in [0.05, 0.1) is 0 Å². The Balaban J connectivity index is 2.00. The quantitative estimate of drug-likeness (QED) is 0.906. The number of aromatic nitrogens is 1. The summed E-state index contributed by atoms with van der Waals surface area (Å²) in [5, 5.41) is 0. The van der Waals surface area contributed by atoms with Gasteiger partial charge in [0, 0.05) is 50.0 Å². The van der Waals surface area contributed by atoms with Crippen LogP contribution in [0, 0.1) is 0 Å². The third kappa shape index (κ3) is 3.28. The molecule has 0 aliphatic carbocycles. The van der Waals surface area contributed by atoms with Crippen LogP contribution >= 0.6 is 0 Å². The van der Waals surface area contributed by atoms with Gasteiger partial charge in [0.2, 0.25) is 5.56 Å². The zero-order valence-corrected chi connectivity index (χ0v) is 12.4. The molecule has 0 radical (unpaired) electrons. The van der Waals surface area contributed by atoms with Crippen LogP contribution in [0.2, 0.25) is 0 Å². The van der Waals surface area contributed by atoms with E-state index in [2.05, 4.69) is 23.7 Å². The largest absolute Gasteiger partial charge is 0.339 e. The van der Waals surface area contributed by atoms with Crippen LogP contribution in [0.1, 0.15) is 37.0 Å². The minimum absolute atomic E-state index is 0.0703. The van der Waals surface area contributed by atoms with Crippen molar-refractivity contribution in [2.45, 2.75) is 38.8 Å². The van der Waals surface area contributed by atoms with E-state index in [1.165, 1.54) is 12.3 Å². The van der Waals surface area contributed by atoms with Gasteiger partial charge in [-0.1, -0.05) is 0 Å². The normalized spacial score (nSPS) is 17.4. The molecule has 20 heavy (non-hydrogen) atoms. The van der Waals surface area contributed by atoms with Crippen LogP contribution in [0.15, 0.2) is 23.1 Å². The van der Waals surface area contributed by atoms with Crippen LogP contribution in [-0.2, 0) is 0 Å². The smallest absolute Gasteiger partial charge is 0.254 e. The van der Waals surface area contributed by atoms with E-state index >= 15 is 0 Å². The van der Waals surface area contributed by atoms with Crippen molar-refractivity contribution in [1.82, 2.24) is 14.8 Å². The number of amides is 1. The predicted octanol–water partition coefficient (Wildman–Crippen LogP) is 1.32. The summed E-state index contributed by atoms with van der Waals surface area (Å²) in [6.07, 6.45) is 3.50. The molecule has 0 bridgehead atoms. The Morgan fingerprint density at radius 2 is 2.05 bits per heavy atom. The summed E-state index contributed by atoms with van der Waals surface area (Å²) in [7, 11) is 1.83. The lowest BCUT2D eigenvalue weighted by atomic mass is 10.0. The van der Waals surface area contributed by atoms with Gasteiger partial charge < -0.3 is 14.8 Å². The number of H-pyrrole nitrogens is 1. The molecule has 1 amide bonds. The van der Waals surface area contributed by atoms with Gasteiger partial charge in [0.15, 0.2) is 0 Å². The van der Waals surface area contributed by atoms with Gasteiger partial charge in [-0.05, 0) is 32.8 Å². The molecule has 5 nitrogen and oxygen atoms in total. The van der Waals surface area contributed by atoms with E-state index in [0.717, 1.165) is 25.9 Å². The summed E-state index contributed by atoms with van der Waals surface area (Å²) >= 11 is 0. The Bertz CT molecular complexity index is 516. The van der Waals surface area contributed by atoms with Crippen LogP contribution in [0.3, 0.4) is 0 Å². The van der Waals surface area contributed by atoms with Gasteiger partial charge >= 0.3 is 0 Å². The van der Waals surface area contributed by atoms with Crippen molar-refractivity contribution in [3.63, 3.8) is 0 Å². The molecule has 1 aromatic rings. The molecule has 2 heterocycles. The molecule has 1 saturated heterocycles. The molecular weight excluding hydrogens is 254 g/mol. The molecule has 0 atom stereocenters. The van der Waals surface area contributed by atoms with Gasteiger partial charge in [0.25, 0.3) is 5.91 Å². The molecule has 1 fully saturated rings. The lowest BCUT2D eigenvalue weighted by Gasteiger charge is -2.38. The Kier molecular flexibility index (Phi) is 4.60. The van der Waals surface area contributed by atoms with Crippen molar-refractivity contribution in [2.24, 2.45) is 0 Å². The number of aromatic amines is 1. The fraction of sp³-hybridized carbons (Fsp3) is 0.600. The summed E-state index contributed by atoms with van der Waals surface area (Å²) < 4.78 is 0. The van der Waals surface area contributed by atoms with E-state index in [-0.39, 0.29) is 17.5 Å². The summed E-state index contributed by atoms with van der Waals surface area (Å²) in [6, 6.07) is 3.84. The first kappa shape index (κ1) is 14.8. The second kappa shape index (κ2) is 6.22. The number of nitrogens with one attached hydrogen (secondary N) is 1. The average molecular weight is 277 g/mol. The molecule has 0 saturated carbocycles. The molecule has 2 rings (SSSR count). The number of carbonyl (C=O) groups excluding carboxylic acids is 1. The molecule has 0 spiro atoms. The first-order valence-electron chi connectivity index (χ1n) is 7.19. The highest BCUT2D eigenvalue weighted by molar-refractivity contribution is 5.94. The lowest BCUT2D eigenvalue weighted by molar-refractivity contribution is 0.0615. The topological polar surface area (TPSA) is 56.4 Å². The third-order valence-corrected chi connectivity index (χ3v) is 4.12. The van der Waals surface area contributed by atoms with Crippen LogP contribution in [0.5, 0.6) is 0 Å². The Morgan fingerprint density at radius 3 is 2.60 bits per heavy atom. The fourth-order valence-electron chi connectivity index (χ4n) is 2.74. The van der Waals surface area contributed by atoms with E-state index < -0.39 is 0 Å². The molecular formula is C15H23N3O2. The van der Waals surface area contributed by atoms with Crippen molar-refractivity contribution < 1.29 is 4.79 Å². The first-order valence-corrected chi connectivity index (χ1v) is 7.19. The average Bonchev–Trinajstić information content (AvgIpc) is 2.46. The molecule has 1 N–H and O–H groups in total. The van der Waals surface area contributed by atoms with Crippen molar-refractivity contribution >= 4 is 5.91 Å². The number of hydrogen-bond acceptors (Lipinski definition) is 3. The van der Waals surface area contributed by atoms with E-state index in [9.17, 15) is 9.59 Å². The zero-order valence-electron chi connectivity index (χ0n) is 12.4. The van der Waals surface area contributed by atoms with Crippen LogP contribution in [0.4, 0.5) is 0 Å². The first-order chi connectivity index (χ1) is 9.49. The number of rotatable bonds is 3. The molecule has 0 unspecified atom stereocenters. The maximum Gasteiger partial charge on any atom is 0.254 e. The minimum atomic E-state index is -0.237. The van der Waals surface area contributed by atoms with Gasteiger partial charge in [-0.15, -0.1) is 0 Å². The van der Waals surface area contributed by atoms with Crippen molar-refractivity contribution in [2.75, 3.05) is 20.1 Å². The Morgan fingerprint density at radius 1 is 1.40 bits per heavy atom. The number of piperidine rings is 1. The number of hydrogen-bond donors (Lipinski definition) is 1. The van der Waals surface area contributed by atoms with Crippen LogP contribution in [0.25, 0.3) is 0 Å². The zero-order chi connectivity index (χ0) is 14.7. The van der Waals surface area contributed by atoms with E-state index in [1.807, 2.05) is 7.05 Å². The Hall–Kier alpha value is -1.62. The number of carbonyl (C=O) groups is 1. The predicted molar refractivity (Wildman–Crippen MR) is 78.9 cm³/mol. The summed E-state index contributed by atoms with van der Waals surface area (Å²) in [6.45, 7) is 6.45. The summed E-state index contributed by atoms with van der Waals surface area (Å²) in [5.41, 5.74) is 0.224. The van der Waals surface area contributed by atoms with Crippen molar-refractivity contribution in [3.05, 3.63) is 34.2 Å². The maximum atomic E-state index is 12.4. The van der Waals surface area contributed by atoms with Gasteiger partial charge in [-0.3, -0.25) is 9.59 Å².